The molecular weight excluding hydrogens is 342 g/mol. The Hall–Kier alpha value is -2.24. The number of hydrogen-bond donors (Lipinski definition) is 1. The first-order chi connectivity index (χ1) is 12.0. The summed E-state index contributed by atoms with van der Waals surface area (Å²) in [5.41, 5.74) is 2.05. The molecule has 6 heteroatoms. The number of aliphatic carboxylic acids is 1. The third-order valence-electron chi connectivity index (χ3n) is 3.70. The van der Waals surface area contributed by atoms with Crippen molar-refractivity contribution in [2.24, 2.45) is 0 Å². The standard InChI is InChI=1S/C19H22ClNO4/c1-21(10-9-19(22)23)12-15-5-8-17(18(11-15)24-2)25-13-14-3-6-16(20)7-4-14/h3-8,11H,9-10,12-13H2,1-2H3,(H,22,23). The molecular formula is C19H22ClNO4. The zero-order valence-electron chi connectivity index (χ0n) is 14.4. The van der Waals surface area contributed by atoms with E-state index >= 15 is 0 Å². The van der Waals surface area contributed by atoms with Gasteiger partial charge >= 0.3 is 5.97 Å². The molecule has 0 aliphatic rings. The molecule has 2 aromatic carbocycles. The molecule has 5 nitrogen and oxygen atoms in total. The number of carboxylic acids is 1. The molecule has 2 aromatic rings. The molecule has 0 atom stereocenters. The van der Waals surface area contributed by atoms with E-state index in [1.807, 2.05) is 54.4 Å². The summed E-state index contributed by atoms with van der Waals surface area (Å²) in [6.07, 6.45) is 0.121. The van der Waals surface area contributed by atoms with Gasteiger partial charge in [-0.2, -0.15) is 0 Å². The van der Waals surface area contributed by atoms with Crippen LogP contribution >= 0.6 is 11.6 Å². The van der Waals surface area contributed by atoms with Crippen molar-refractivity contribution in [1.82, 2.24) is 4.90 Å². The molecule has 0 aliphatic carbocycles. The fourth-order valence-corrected chi connectivity index (χ4v) is 2.47. The van der Waals surface area contributed by atoms with E-state index in [4.69, 9.17) is 26.2 Å². The third kappa shape index (κ3) is 6.29. The topological polar surface area (TPSA) is 59.0 Å². The van der Waals surface area contributed by atoms with Crippen LogP contribution in [-0.4, -0.2) is 36.7 Å². The van der Waals surface area contributed by atoms with E-state index in [1.54, 1.807) is 7.11 Å². The summed E-state index contributed by atoms with van der Waals surface area (Å²) in [4.78, 5) is 12.6. The molecule has 0 amide bonds. The summed E-state index contributed by atoms with van der Waals surface area (Å²) in [6.45, 7) is 1.55. The van der Waals surface area contributed by atoms with E-state index in [-0.39, 0.29) is 6.42 Å². The van der Waals surface area contributed by atoms with E-state index in [1.165, 1.54) is 0 Å². The zero-order valence-corrected chi connectivity index (χ0v) is 15.1. The number of methoxy groups -OCH3 is 1. The minimum absolute atomic E-state index is 0.121. The van der Waals surface area contributed by atoms with Gasteiger partial charge in [0.2, 0.25) is 0 Å². The number of nitrogens with zero attached hydrogens (tertiary/aromatic N) is 1. The molecule has 0 bridgehead atoms. The van der Waals surface area contributed by atoms with E-state index in [2.05, 4.69) is 0 Å². The SMILES string of the molecule is COc1cc(CN(C)CCC(=O)O)ccc1OCc1ccc(Cl)cc1. The normalized spacial score (nSPS) is 10.7. The van der Waals surface area contributed by atoms with Crippen molar-refractivity contribution >= 4 is 17.6 Å². The number of ether oxygens (including phenoxy) is 2. The molecule has 0 aliphatic heterocycles. The van der Waals surface area contributed by atoms with Gasteiger partial charge in [-0.25, -0.2) is 0 Å². The Kier molecular flexibility index (Phi) is 7.10. The van der Waals surface area contributed by atoms with Crippen LogP contribution in [0.2, 0.25) is 5.02 Å². The first-order valence-electron chi connectivity index (χ1n) is 7.92. The van der Waals surface area contributed by atoms with E-state index < -0.39 is 5.97 Å². The molecule has 0 saturated carbocycles. The van der Waals surface area contributed by atoms with Crippen molar-refractivity contribution in [2.45, 2.75) is 19.6 Å². The number of rotatable bonds is 9. The summed E-state index contributed by atoms with van der Waals surface area (Å²) in [5, 5.41) is 9.44. The highest BCUT2D eigenvalue weighted by molar-refractivity contribution is 6.30. The van der Waals surface area contributed by atoms with Gasteiger partial charge in [0, 0.05) is 18.1 Å². The van der Waals surface area contributed by atoms with Gasteiger partial charge in [-0.15, -0.1) is 0 Å². The second-order valence-electron chi connectivity index (χ2n) is 5.78. The minimum Gasteiger partial charge on any atom is -0.493 e. The Labute approximate surface area is 152 Å². The van der Waals surface area contributed by atoms with Crippen LogP contribution in [0.1, 0.15) is 17.5 Å². The van der Waals surface area contributed by atoms with Crippen LogP contribution in [0.4, 0.5) is 0 Å². The lowest BCUT2D eigenvalue weighted by molar-refractivity contribution is -0.137. The second kappa shape index (κ2) is 9.30. The number of hydrogen-bond acceptors (Lipinski definition) is 4. The lowest BCUT2D eigenvalue weighted by atomic mass is 10.2. The molecule has 0 heterocycles. The Morgan fingerprint density at radius 3 is 2.44 bits per heavy atom. The summed E-state index contributed by atoms with van der Waals surface area (Å²) in [7, 11) is 3.49. The number of benzene rings is 2. The molecule has 0 aromatic heterocycles. The minimum atomic E-state index is -0.796. The van der Waals surface area contributed by atoms with Crippen molar-refractivity contribution < 1.29 is 19.4 Å². The molecule has 134 valence electrons. The monoisotopic (exact) mass is 363 g/mol. The second-order valence-corrected chi connectivity index (χ2v) is 6.22. The Morgan fingerprint density at radius 2 is 1.80 bits per heavy atom. The van der Waals surface area contributed by atoms with E-state index in [0.717, 1.165) is 11.1 Å². The van der Waals surface area contributed by atoms with Crippen LogP contribution in [0.25, 0.3) is 0 Å². The van der Waals surface area contributed by atoms with Crippen LogP contribution in [0, 0.1) is 0 Å². The van der Waals surface area contributed by atoms with Gasteiger partial charge in [0.05, 0.1) is 13.5 Å². The highest BCUT2D eigenvalue weighted by Crippen LogP contribution is 2.29. The Bertz CT molecular complexity index is 703. The maximum Gasteiger partial charge on any atom is 0.304 e. The highest BCUT2D eigenvalue weighted by Gasteiger charge is 2.09. The summed E-state index contributed by atoms with van der Waals surface area (Å²) in [5.74, 6) is 0.517. The van der Waals surface area contributed by atoms with Gasteiger partial charge in [0.25, 0.3) is 0 Å². The predicted molar refractivity (Wildman–Crippen MR) is 97.4 cm³/mol. The molecule has 2 rings (SSSR count). The molecule has 0 spiro atoms. The van der Waals surface area contributed by atoms with Crippen LogP contribution in [0.3, 0.4) is 0 Å². The van der Waals surface area contributed by atoms with Crippen molar-refractivity contribution in [3.8, 4) is 11.5 Å². The summed E-state index contributed by atoms with van der Waals surface area (Å²) >= 11 is 5.88. The Morgan fingerprint density at radius 1 is 1.12 bits per heavy atom. The molecule has 1 N–H and O–H groups in total. The fraction of sp³-hybridized carbons (Fsp3) is 0.316. The van der Waals surface area contributed by atoms with E-state index in [9.17, 15) is 4.79 Å². The summed E-state index contributed by atoms with van der Waals surface area (Å²) < 4.78 is 11.2. The average molecular weight is 364 g/mol. The lowest BCUT2D eigenvalue weighted by Crippen LogP contribution is -2.21. The van der Waals surface area contributed by atoms with Crippen LogP contribution in [0.15, 0.2) is 42.5 Å². The first-order valence-corrected chi connectivity index (χ1v) is 8.30. The maximum atomic E-state index is 10.6. The lowest BCUT2D eigenvalue weighted by Gasteiger charge is -2.17. The molecule has 0 saturated heterocycles. The van der Waals surface area contributed by atoms with Gasteiger partial charge in [0.15, 0.2) is 11.5 Å². The number of carbonyl (C=O) groups is 1. The fourth-order valence-electron chi connectivity index (χ4n) is 2.35. The molecule has 0 radical (unpaired) electrons. The molecule has 0 fully saturated rings. The highest BCUT2D eigenvalue weighted by atomic mass is 35.5. The van der Waals surface area contributed by atoms with Gasteiger partial charge < -0.3 is 19.5 Å². The van der Waals surface area contributed by atoms with Crippen molar-refractivity contribution in [3.05, 3.63) is 58.6 Å². The van der Waals surface area contributed by atoms with Crippen LogP contribution in [0.5, 0.6) is 11.5 Å². The van der Waals surface area contributed by atoms with Crippen LogP contribution in [-0.2, 0) is 17.9 Å². The maximum absolute atomic E-state index is 10.6. The average Bonchev–Trinajstić information content (AvgIpc) is 2.60. The predicted octanol–water partition coefficient (Wildman–Crippen LogP) is 3.83. The number of halogens is 1. The van der Waals surface area contributed by atoms with Crippen molar-refractivity contribution in [1.29, 1.82) is 0 Å². The Balaban J connectivity index is 1.98. The van der Waals surface area contributed by atoms with Gasteiger partial charge in [-0.1, -0.05) is 29.8 Å². The zero-order chi connectivity index (χ0) is 18.2. The van der Waals surface area contributed by atoms with Crippen LogP contribution < -0.4 is 9.47 Å². The van der Waals surface area contributed by atoms with Crippen molar-refractivity contribution in [2.75, 3.05) is 20.7 Å². The number of carboxylic acid groups (broad SMARTS) is 1. The van der Waals surface area contributed by atoms with Gasteiger partial charge in [-0.05, 0) is 42.4 Å². The van der Waals surface area contributed by atoms with E-state index in [0.29, 0.717) is 36.2 Å². The largest absolute Gasteiger partial charge is 0.493 e. The molecule has 25 heavy (non-hydrogen) atoms. The van der Waals surface area contributed by atoms with Gasteiger partial charge in [-0.3, -0.25) is 4.79 Å². The first kappa shape index (κ1) is 19.1. The third-order valence-corrected chi connectivity index (χ3v) is 3.95. The summed E-state index contributed by atoms with van der Waals surface area (Å²) in [6, 6.07) is 13.2. The van der Waals surface area contributed by atoms with Gasteiger partial charge in [0.1, 0.15) is 6.61 Å². The quantitative estimate of drug-likeness (QED) is 0.733. The molecule has 0 unspecified atom stereocenters. The van der Waals surface area contributed by atoms with Crippen molar-refractivity contribution in [3.63, 3.8) is 0 Å². The smallest absolute Gasteiger partial charge is 0.304 e.